The Morgan fingerprint density at radius 2 is 2.00 bits per heavy atom. The summed E-state index contributed by atoms with van der Waals surface area (Å²) in [5.74, 6) is -3.21. The maximum Gasteiger partial charge on any atom is 0.304 e. The highest BCUT2D eigenvalue weighted by Crippen LogP contribution is 2.38. The number of thiophene rings is 1. The molecule has 3 nitrogen and oxygen atoms in total. The Kier molecular flexibility index (Phi) is 4.36. The summed E-state index contributed by atoms with van der Waals surface area (Å²) in [5.41, 5.74) is 0.727. The molecule has 6 heteroatoms. The van der Waals surface area contributed by atoms with E-state index in [9.17, 15) is 13.6 Å². The fraction of sp³-hybridized carbons (Fsp3) is 0.529. The molecule has 0 unspecified atom stereocenters. The van der Waals surface area contributed by atoms with Crippen LogP contribution in [0.2, 0.25) is 0 Å². The quantitative estimate of drug-likeness (QED) is 0.682. The van der Waals surface area contributed by atoms with Crippen LogP contribution in [0.25, 0.3) is 10.6 Å². The van der Waals surface area contributed by atoms with E-state index < -0.39 is 11.7 Å². The van der Waals surface area contributed by atoms with Gasteiger partial charge in [0.25, 0.3) is 0 Å². The van der Waals surface area contributed by atoms with Crippen molar-refractivity contribution >= 4 is 17.1 Å². The highest BCUT2D eigenvalue weighted by molar-refractivity contribution is 7.17. The number of aromatic nitrogens is 1. The molecular formula is C17H19F2NO2S. The molecule has 1 saturated carbocycles. The van der Waals surface area contributed by atoms with E-state index in [0.29, 0.717) is 21.0 Å². The van der Waals surface area contributed by atoms with Crippen LogP contribution in [0.5, 0.6) is 0 Å². The first-order chi connectivity index (χ1) is 10.9. The second-order valence-electron chi connectivity index (χ2n) is 6.24. The molecule has 3 rings (SSSR count). The molecule has 0 spiro atoms. The van der Waals surface area contributed by atoms with Gasteiger partial charge in [-0.1, -0.05) is 24.4 Å². The van der Waals surface area contributed by atoms with Crippen molar-refractivity contribution in [3.05, 3.63) is 28.3 Å². The third-order valence-corrected chi connectivity index (χ3v) is 5.49. The highest BCUT2D eigenvalue weighted by atomic mass is 32.1. The van der Waals surface area contributed by atoms with Crippen molar-refractivity contribution < 1.29 is 18.1 Å². The van der Waals surface area contributed by atoms with Crippen molar-refractivity contribution in [2.24, 2.45) is 5.92 Å². The molecule has 0 N–H and O–H groups in total. The Morgan fingerprint density at radius 1 is 1.30 bits per heavy atom. The molecule has 2 heterocycles. The van der Waals surface area contributed by atoms with Gasteiger partial charge in [-0.2, -0.15) is 8.78 Å². The molecule has 2 aromatic heterocycles. The standard InChI is InChI=1S/C17H19F2NO2S/c1-10-14(20-22-16(10)17(2,18)19)12-8-9-13(23-12)15(21)11-6-4-3-5-7-11/h8-9,11H,3-7H2,1-2H3. The highest BCUT2D eigenvalue weighted by Gasteiger charge is 2.34. The minimum atomic E-state index is -3.06. The lowest BCUT2D eigenvalue weighted by molar-refractivity contribution is -0.0112. The van der Waals surface area contributed by atoms with Crippen molar-refractivity contribution in [3.8, 4) is 10.6 Å². The molecule has 0 radical (unpaired) electrons. The predicted molar refractivity (Wildman–Crippen MR) is 85.0 cm³/mol. The monoisotopic (exact) mass is 339 g/mol. The van der Waals surface area contributed by atoms with Crippen LogP contribution in [0.1, 0.15) is 60.0 Å². The summed E-state index contributed by atoms with van der Waals surface area (Å²) in [6.07, 6.45) is 5.30. The SMILES string of the molecule is Cc1c(-c2ccc(C(=O)C3CCCCC3)s2)noc1C(C)(F)F. The Morgan fingerprint density at radius 3 is 2.61 bits per heavy atom. The summed E-state index contributed by atoms with van der Waals surface area (Å²) in [6, 6.07) is 3.54. The number of rotatable bonds is 4. The van der Waals surface area contributed by atoms with Crippen LogP contribution >= 0.6 is 11.3 Å². The van der Waals surface area contributed by atoms with E-state index in [4.69, 9.17) is 4.52 Å². The third kappa shape index (κ3) is 3.22. The molecule has 0 bridgehead atoms. The van der Waals surface area contributed by atoms with Crippen molar-refractivity contribution in [1.82, 2.24) is 5.16 Å². The number of hydrogen-bond acceptors (Lipinski definition) is 4. The molecule has 124 valence electrons. The number of hydrogen-bond donors (Lipinski definition) is 0. The molecule has 23 heavy (non-hydrogen) atoms. The summed E-state index contributed by atoms with van der Waals surface area (Å²) in [6.45, 7) is 2.36. The Labute approximate surface area is 137 Å². The number of nitrogens with zero attached hydrogens (tertiary/aromatic N) is 1. The first-order valence-corrected chi connectivity index (χ1v) is 8.68. The second-order valence-corrected chi connectivity index (χ2v) is 7.32. The van der Waals surface area contributed by atoms with Gasteiger partial charge in [-0.25, -0.2) is 0 Å². The van der Waals surface area contributed by atoms with Crippen molar-refractivity contribution in [2.75, 3.05) is 0 Å². The summed E-state index contributed by atoms with van der Waals surface area (Å²) < 4.78 is 31.7. The van der Waals surface area contributed by atoms with Gasteiger partial charge in [-0.05, 0) is 31.9 Å². The first-order valence-electron chi connectivity index (χ1n) is 7.87. The van der Waals surface area contributed by atoms with Crippen LogP contribution in [0, 0.1) is 12.8 Å². The van der Waals surface area contributed by atoms with Gasteiger partial charge >= 0.3 is 5.92 Å². The minimum Gasteiger partial charge on any atom is -0.354 e. The first kappa shape index (κ1) is 16.3. The minimum absolute atomic E-state index is 0.101. The van der Waals surface area contributed by atoms with Gasteiger partial charge in [0, 0.05) is 18.4 Å². The molecule has 0 saturated heterocycles. The summed E-state index contributed by atoms with van der Waals surface area (Å²) >= 11 is 1.31. The number of alkyl halides is 2. The van der Waals surface area contributed by atoms with Crippen LogP contribution in [-0.4, -0.2) is 10.9 Å². The Bertz CT molecular complexity index is 708. The zero-order valence-electron chi connectivity index (χ0n) is 13.2. The van der Waals surface area contributed by atoms with Crippen LogP contribution in [0.3, 0.4) is 0 Å². The Hall–Kier alpha value is -1.56. The van der Waals surface area contributed by atoms with E-state index in [-0.39, 0.29) is 11.7 Å². The fourth-order valence-electron chi connectivity index (χ4n) is 3.14. The zero-order chi connectivity index (χ0) is 16.6. The van der Waals surface area contributed by atoms with E-state index in [2.05, 4.69) is 5.16 Å². The number of carbonyl (C=O) groups is 1. The molecule has 1 aliphatic carbocycles. The van der Waals surface area contributed by atoms with Gasteiger partial charge in [0.15, 0.2) is 5.78 Å². The van der Waals surface area contributed by atoms with Crippen molar-refractivity contribution in [1.29, 1.82) is 0 Å². The van der Waals surface area contributed by atoms with Crippen LogP contribution in [0.15, 0.2) is 16.7 Å². The van der Waals surface area contributed by atoms with Crippen LogP contribution < -0.4 is 0 Å². The lowest BCUT2D eigenvalue weighted by atomic mass is 9.86. The van der Waals surface area contributed by atoms with Crippen molar-refractivity contribution in [3.63, 3.8) is 0 Å². The zero-order valence-corrected chi connectivity index (χ0v) is 14.0. The maximum absolute atomic E-state index is 13.4. The van der Waals surface area contributed by atoms with Gasteiger partial charge in [0.2, 0.25) is 5.76 Å². The smallest absolute Gasteiger partial charge is 0.304 e. The number of carbonyl (C=O) groups excluding carboxylic acids is 1. The van der Waals surface area contributed by atoms with Gasteiger partial charge in [0.05, 0.1) is 9.75 Å². The Balaban J connectivity index is 1.85. The molecule has 1 fully saturated rings. The predicted octanol–water partition coefficient (Wildman–Crippen LogP) is 5.59. The average molecular weight is 339 g/mol. The average Bonchev–Trinajstić information content (AvgIpc) is 3.13. The lowest BCUT2D eigenvalue weighted by Gasteiger charge is -2.19. The number of halogens is 2. The molecule has 0 aromatic carbocycles. The lowest BCUT2D eigenvalue weighted by Crippen LogP contribution is -2.16. The normalized spacial score (nSPS) is 16.7. The topological polar surface area (TPSA) is 43.1 Å². The molecular weight excluding hydrogens is 320 g/mol. The fourth-order valence-corrected chi connectivity index (χ4v) is 4.20. The van der Waals surface area contributed by atoms with Gasteiger partial charge < -0.3 is 4.52 Å². The van der Waals surface area contributed by atoms with Crippen LogP contribution in [-0.2, 0) is 5.92 Å². The largest absolute Gasteiger partial charge is 0.354 e. The third-order valence-electron chi connectivity index (χ3n) is 4.38. The van der Waals surface area contributed by atoms with E-state index in [1.807, 2.05) is 0 Å². The molecule has 0 atom stereocenters. The number of ketones is 1. The number of Topliss-reactive ketones (excluding diaryl/α,β-unsaturated/α-hetero) is 1. The summed E-state index contributed by atoms with van der Waals surface area (Å²) in [5, 5.41) is 3.78. The molecule has 0 aliphatic heterocycles. The van der Waals surface area contributed by atoms with E-state index in [0.717, 1.165) is 32.6 Å². The van der Waals surface area contributed by atoms with E-state index in [1.54, 1.807) is 19.1 Å². The van der Waals surface area contributed by atoms with E-state index >= 15 is 0 Å². The molecule has 0 amide bonds. The molecule has 1 aliphatic rings. The van der Waals surface area contributed by atoms with E-state index in [1.165, 1.54) is 17.8 Å². The summed E-state index contributed by atoms with van der Waals surface area (Å²) in [4.78, 5) is 13.9. The van der Waals surface area contributed by atoms with Crippen molar-refractivity contribution in [2.45, 2.75) is 51.9 Å². The molecule has 2 aromatic rings. The second kappa shape index (κ2) is 6.15. The van der Waals surface area contributed by atoms with Gasteiger partial charge in [-0.3, -0.25) is 4.79 Å². The van der Waals surface area contributed by atoms with Gasteiger partial charge in [0.1, 0.15) is 5.69 Å². The summed E-state index contributed by atoms with van der Waals surface area (Å²) in [7, 11) is 0. The van der Waals surface area contributed by atoms with Crippen LogP contribution in [0.4, 0.5) is 8.78 Å². The maximum atomic E-state index is 13.4. The van der Waals surface area contributed by atoms with Gasteiger partial charge in [-0.15, -0.1) is 11.3 Å².